The van der Waals surface area contributed by atoms with Crippen molar-refractivity contribution in [1.82, 2.24) is 4.98 Å². The summed E-state index contributed by atoms with van der Waals surface area (Å²) < 4.78 is 0. The molecule has 0 radical (unpaired) electrons. The maximum atomic E-state index is 13.3. The average molecular weight is 338 g/mol. The van der Waals surface area contributed by atoms with E-state index in [0.717, 1.165) is 29.9 Å². The van der Waals surface area contributed by atoms with Crippen LogP contribution in [0.3, 0.4) is 0 Å². The quantitative estimate of drug-likeness (QED) is 0.858. The highest BCUT2D eigenvalue weighted by Gasteiger charge is 2.50. The summed E-state index contributed by atoms with van der Waals surface area (Å²) in [4.78, 5) is 19.0. The molecule has 24 heavy (non-hydrogen) atoms. The number of nitrogens with one attached hydrogen (secondary N) is 1. The highest BCUT2D eigenvalue weighted by atomic mass is 32.1. The lowest BCUT2D eigenvalue weighted by atomic mass is 9.62. The minimum absolute atomic E-state index is 0.0738. The molecular formula is C20H22N2OS. The smallest absolute Gasteiger partial charge is 0.164 e. The van der Waals surface area contributed by atoms with E-state index in [1.165, 1.54) is 10.4 Å². The van der Waals surface area contributed by atoms with Crippen LogP contribution >= 0.6 is 11.3 Å². The molecule has 3 atom stereocenters. The van der Waals surface area contributed by atoms with E-state index in [4.69, 9.17) is 0 Å². The number of allylic oxidation sites excluding steroid dienone is 2. The van der Waals surface area contributed by atoms with Crippen molar-refractivity contribution < 1.29 is 4.79 Å². The van der Waals surface area contributed by atoms with Gasteiger partial charge < -0.3 is 5.32 Å². The van der Waals surface area contributed by atoms with Gasteiger partial charge in [-0.25, -0.2) is 4.98 Å². The standard InChI is InChI=1S/C20H22N2OS/c1-4-20(14-8-6-5-7-9-14)15-16(12(2)10-13(3)17(15)23)22-19-18(20)24-11-21-19/h5-9,11-13,22H,4,10H2,1-3H3/t12-,13-,20-/m1/s1. The van der Waals surface area contributed by atoms with E-state index < -0.39 is 0 Å². The molecule has 2 aliphatic rings. The van der Waals surface area contributed by atoms with E-state index >= 15 is 0 Å². The number of benzene rings is 1. The summed E-state index contributed by atoms with van der Waals surface area (Å²) in [5.41, 5.74) is 4.77. The number of Topliss-reactive ketones (excluding diaryl/α,β-unsaturated/α-hetero) is 1. The van der Waals surface area contributed by atoms with Crippen LogP contribution in [-0.4, -0.2) is 10.8 Å². The minimum atomic E-state index is -0.377. The molecule has 2 aromatic rings. The molecule has 4 rings (SSSR count). The molecule has 0 fully saturated rings. The van der Waals surface area contributed by atoms with Crippen LogP contribution in [0.2, 0.25) is 0 Å². The van der Waals surface area contributed by atoms with E-state index in [0.29, 0.717) is 11.7 Å². The maximum absolute atomic E-state index is 13.3. The third-order valence-electron chi connectivity index (χ3n) is 5.60. The van der Waals surface area contributed by atoms with Crippen LogP contribution in [0.25, 0.3) is 0 Å². The summed E-state index contributed by atoms with van der Waals surface area (Å²) in [6.07, 6.45) is 1.76. The van der Waals surface area contributed by atoms with Crippen molar-refractivity contribution in [2.45, 2.75) is 39.0 Å². The fraction of sp³-hybridized carbons (Fsp3) is 0.400. The molecule has 124 valence electrons. The third kappa shape index (κ3) is 1.95. The Hall–Kier alpha value is -1.94. The molecule has 1 N–H and O–H groups in total. The zero-order valence-corrected chi connectivity index (χ0v) is 15.1. The summed E-state index contributed by atoms with van der Waals surface area (Å²) in [6, 6.07) is 10.5. The Morgan fingerprint density at radius 2 is 2.00 bits per heavy atom. The van der Waals surface area contributed by atoms with E-state index in [2.05, 4.69) is 55.3 Å². The zero-order valence-electron chi connectivity index (χ0n) is 14.3. The maximum Gasteiger partial charge on any atom is 0.164 e. The molecule has 0 unspecified atom stereocenters. The lowest BCUT2D eigenvalue weighted by Crippen LogP contribution is -2.44. The molecule has 1 aromatic carbocycles. The van der Waals surface area contributed by atoms with Gasteiger partial charge in [0.1, 0.15) is 5.82 Å². The van der Waals surface area contributed by atoms with Gasteiger partial charge in [-0.3, -0.25) is 4.79 Å². The van der Waals surface area contributed by atoms with Gasteiger partial charge in [-0.05, 0) is 24.3 Å². The number of anilines is 1. The van der Waals surface area contributed by atoms with Gasteiger partial charge in [0.05, 0.1) is 15.8 Å². The molecule has 0 spiro atoms. The normalized spacial score (nSPS) is 29.0. The number of carbonyl (C=O) groups excluding carboxylic acids is 1. The predicted octanol–water partition coefficient (Wildman–Crippen LogP) is 4.76. The highest BCUT2D eigenvalue weighted by Crippen LogP contribution is 2.54. The molecule has 1 aliphatic carbocycles. The van der Waals surface area contributed by atoms with Gasteiger partial charge in [0.25, 0.3) is 0 Å². The van der Waals surface area contributed by atoms with Gasteiger partial charge in [-0.2, -0.15) is 0 Å². The average Bonchev–Trinajstić information content (AvgIpc) is 3.07. The highest BCUT2D eigenvalue weighted by molar-refractivity contribution is 7.10. The fourth-order valence-electron chi connectivity index (χ4n) is 4.43. The SMILES string of the molecule is CC[C@@]1(c2ccccc2)C2=C(Nc3ncsc31)[C@H](C)C[C@@H](C)C2=O. The molecule has 0 amide bonds. The van der Waals surface area contributed by atoms with Gasteiger partial charge in [0.2, 0.25) is 0 Å². The summed E-state index contributed by atoms with van der Waals surface area (Å²) in [5, 5.41) is 3.50. The van der Waals surface area contributed by atoms with Gasteiger partial charge in [-0.1, -0.05) is 51.1 Å². The number of ketones is 1. The van der Waals surface area contributed by atoms with Crippen molar-refractivity contribution >= 4 is 22.9 Å². The van der Waals surface area contributed by atoms with E-state index in [1.54, 1.807) is 11.3 Å². The van der Waals surface area contributed by atoms with Crippen molar-refractivity contribution in [2.75, 3.05) is 5.32 Å². The van der Waals surface area contributed by atoms with Crippen LogP contribution < -0.4 is 5.32 Å². The van der Waals surface area contributed by atoms with Gasteiger partial charge in [0.15, 0.2) is 5.78 Å². The number of hydrogen-bond acceptors (Lipinski definition) is 4. The monoisotopic (exact) mass is 338 g/mol. The van der Waals surface area contributed by atoms with Crippen molar-refractivity contribution in [1.29, 1.82) is 0 Å². The van der Waals surface area contributed by atoms with E-state index in [9.17, 15) is 4.79 Å². The molecule has 0 bridgehead atoms. The first-order valence-corrected chi connectivity index (χ1v) is 9.53. The van der Waals surface area contributed by atoms with E-state index in [1.807, 2.05) is 11.6 Å². The number of carbonyl (C=O) groups is 1. The fourth-order valence-corrected chi connectivity index (χ4v) is 5.47. The third-order valence-corrected chi connectivity index (χ3v) is 6.58. The molecule has 0 saturated carbocycles. The number of aromatic nitrogens is 1. The number of nitrogens with zero attached hydrogens (tertiary/aromatic N) is 1. The largest absolute Gasteiger partial charge is 0.342 e. The zero-order chi connectivity index (χ0) is 16.9. The number of fused-ring (bicyclic) bond motifs is 1. The topological polar surface area (TPSA) is 42.0 Å². The molecule has 1 aliphatic heterocycles. The Bertz CT molecular complexity index is 823. The Kier molecular flexibility index (Phi) is 3.61. The second-order valence-electron chi connectivity index (χ2n) is 6.97. The first-order valence-electron chi connectivity index (χ1n) is 8.65. The Labute approximate surface area is 146 Å². The lowest BCUT2D eigenvalue weighted by molar-refractivity contribution is -0.120. The summed E-state index contributed by atoms with van der Waals surface area (Å²) in [7, 11) is 0. The first kappa shape index (κ1) is 15.6. The van der Waals surface area contributed by atoms with E-state index in [-0.39, 0.29) is 11.3 Å². The summed E-state index contributed by atoms with van der Waals surface area (Å²) in [6.45, 7) is 6.47. The molecule has 2 heterocycles. The minimum Gasteiger partial charge on any atom is -0.342 e. The molecular weight excluding hydrogens is 316 g/mol. The summed E-state index contributed by atoms with van der Waals surface area (Å²) in [5.74, 6) is 1.64. The number of hydrogen-bond donors (Lipinski definition) is 1. The van der Waals surface area contributed by atoms with Crippen molar-refractivity contribution in [2.24, 2.45) is 11.8 Å². The molecule has 4 heteroatoms. The van der Waals surface area contributed by atoms with Gasteiger partial charge >= 0.3 is 0 Å². The molecule has 0 saturated heterocycles. The van der Waals surface area contributed by atoms with Crippen molar-refractivity contribution in [3.63, 3.8) is 0 Å². The lowest BCUT2D eigenvalue weighted by Gasteiger charge is -2.44. The van der Waals surface area contributed by atoms with Crippen LogP contribution in [0.15, 0.2) is 47.1 Å². The van der Waals surface area contributed by atoms with Crippen molar-refractivity contribution in [3.05, 3.63) is 57.6 Å². The number of rotatable bonds is 2. The van der Waals surface area contributed by atoms with Crippen LogP contribution in [0.5, 0.6) is 0 Å². The molecule has 1 aromatic heterocycles. The Morgan fingerprint density at radius 1 is 1.25 bits per heavy atom. The number of thiazole rings is 1. The molecule has 3 nitrogen and oxygen atoms in total. The summed E-state index contributed by atoms with van der Waals surface area (Å²) >= 11 is 1.65. The second kappa shape index (κ2) is 5.55. The van der Waals surface area contributed by atoms with Crippen LogP contribution in [0.1, 0.15) is 44.1 Å². The van der Waals surface area contributed by atoms with Crippen LogP contribution in [-0.2, 0) is 10.2 Å². The first-order chi connectivity index (χ1) is 11.6. The van der Waals surface area contributed by atoms with Crippen LogP contribution in [0.4, 0.5) is 5.82 Å². The van der Waals surface area contributed by atoms with Crippen molar-refractivity contribution in [3.8, 4) is 0 Å². The van der Waals surface area contributed by atoms with Gasteiger partial charge in [-0.15, -0.1) is 11.3 Å². The Balaban J connectivity index is 2.07. The Morgan fingerprint density at radius 3 is 2.71 bits per heavy atom. The van der Waals surface area contributed by atoms with Crippen LogP contribution in [0, 0.1) is 11.8 Å². The second-order valence-corrected chi connectivity index (χ2v) is 7.83. The predicted molar refractivity (Wildman–Crippen MR) is 98.2 cm³/mol. The van der Waals surface area contributed by atoms with Gasteiger partial charge in [0, 0.05) is 17.2 Å².